The molecule has 1 amide bonds. The van der Waals surface area contributed by atoms with Crippen molar-refractivity contribution in [1.82, 2.24) is 5.32 Å². The molecule has 2 aromatic rings. The molecule has 2 rings (SSSR count). The van der Waals surface area contributed by atoms with E-state index in [1.165, 1.54) is 6.26 Å². The summed E-state index contributed by atoms with van der Waals surface area (Å²) < 4.78 is 16.0. The lowest BCUT2D eigenvalue weighted by atomic mass is 10.1. The van der Waals surface area contributed by atoms with Crippen LogP contribution in [-0.4, -0.2) is 26.2 Å². The highest BCUT2D eigenvalue weighted by Crippen LogP contribution is 2.21. The van der Waals surface area contributed by atoms with Gasteiger partial charge in [0.15, 0.2) is 0 Å². The van der Waals surface area contributed by atoms with Gasteiger partial charge >= 0.3 is 0 Å². The number of carbonyl (C=O) groups excluding carboxylic acids is 1. The van der Waals surface area contributed by atoms with Crippen LogP contribution >= 0.6 is 0 Å². The molecule has 6 heteroatoms. The molecule has 1 aromatic carbocycles. The van der Waals surface area contributed by atoms with Crippen molar-refractivity contribution in [2.45, 2.75) is 26.4 Å². The van der Waals surface area contributed by atoms with E-state index < -0.39 is 0 Å². The lowest BCUT2D eigenvalue weighted by Gasteiger charge is -2.13. The largest absolute Gasteiger partial charge is 0.493 e. The number of nitrogens with two attached hydrogens (primary N) is 1. The third kappa shape index (κ3) is 5.11. The summed E-state index contributed by atoms with van der Waals surface area (Å²) in [6.45, 7) is 3.87. The molecular formula is C18H24N2O4. The lowest BCUT2D eigenvalue weighted by molar-refractivity contribution is 0.0950. The van der Waals surface area contributed by atoms with E-state index in [0.29, 0.717) is 31.1 Å². The van der Waals surface area contributed by atoms with Crippen molar-refractivity contribution in [3.05, 3.63) is 53.0 Å². The van der Waals surface area contributed by atoms with E-state index in [1.54, 1.807) is 13.2 Å². The predicted molar refractivity (Wildman–Crippen MR) is 90.9 cm³/mol. The van der Waals surface area contributed by atoms with Crippen LogP contribution in [0, 0.1) is 6.92 Å². The fourth-order valence-electron chi connectivity index (χ4n) is 2.21. The zero-order chi connectivity index (χ0) is 17.4. The van der Waals surface area contributed by atoms with Gasteiger partial charge in [0.25, 0.3) is 5.91 Å². The second-order valence-electron chi connectivity index (χ2n) is 5.49. The van der Waals surface area contributed by atoms with Gasteiger partial charge in [0.2, 0.25) is 0 Å². The minimum Gasteiger partial charge on any atom is -0.493 e. The Hall–Kier alpha value is -2.31. The van der Waals surface area contributed by atoms with Crippen molar-refractivity contribution in [2.24, 2.45) is 5.73 Å². The fourth-order valence-corrected chi connectivity index (χ4v) is 2.21. The molecule has 0 aliphatic heterocycles. The quantitative estimate of drug-likeness (QED) is 0.689. The molecule has 0 radical (unpaired) electrons. The monoisotopic (exact) mass is 332 g/mol. The van der Waals surface area contributed by atoms with Crippen molar-refractivity contribution in [1.29, 1.82) is 0 Å². The van der Waals surface area contributed by atoms with Crippen LogP contribution in [-0.2, 0) is 17.8 Å². The van der Waals surface area contributed by atoms with E-state index in [4.69, 9.17) is 19.6 Å². The van der Waals surface area contributed by atoms with Gasteiger partial charge in [0, 0.05) is 32.2 Å². The van der Waals surface area contributed by atoms with E-state index in [0.717, 1.165) is 23.3 Å². The van der Waals surface area contributed by atoms with Crippen LogP contribution in [0.15, 0.2) is 34.9 Å². The number of nitrogens with one attached hydrogen (secondary N) is 1. The average molecular weight is 332 g/mol. The molecule has 0 aliphatic carbocycles. The van der Waals surface area contributed by atoms with E-state index in [9.17, 15) is 4.79 Å². The molecule has 0 aliphatic rings. The first-order chi connectivity index (χ1) is 11.6. The Morgan fingerprint density at radius 2 is 2.12 bits per heavy atom. The normalized spacial score (nSPS) is 10.6. The number of aryl methyl sites for hydroxylation is 1. The summed E-state index contributed by atoms with van der Waals surface area (Å²) in [5.41, 5.74) is 7.97. The molecule has 130 valence electrons. The summed E-state index contributed by atoms with van der Waals surface area (Å²) in [5, 5.41) is 2.87. The van der Waals surface area contributed by atoms with Crippen LogP contribution in [0.5, 0.6) is 5.75 Å². The topological polar surface area (TPSA) is 86.7 Å². The first-order valence-electron chi connectivity index (χ1n) is 7.91. The second kappa shape index (κ2) is 9.10. The molecule has 0 spiro atoms. The number of rotatable bonds is 9. The number of hydrogen-bond acceptors (Lipinski definition) is 5. The Balaban J connectivity index is 1.96. The predicted octanol–water partition coefficient (Wildman–Crippen LogP) is 2.39. The maximum Gasteiger partial charge on any atom is 0.254 e. The fraction of sp³-hybridized carbons (Fsp3) is 0.389. The average Bonchev–Trinajstić information content (AvgIpc) is 3.07. The van der Waals surface area contributed by atoms with Gasteiger partial charge in [0.1, 0.15) is 17.8 Å². The third-order valence-corrected chi connectivity index (χ3v) is 3.53. The zero-order valence-corrected chi connectivity index (χ0v) is 14.1. The Bertz CT molecular complexity index is 667. The molecular weight excluding hydrogens is 308 g/mol. The van der Waals surface area contributed by atoms with Crippen LogP contribution in [0.25, 0.3) is 0 Å². The molecule has 0 fully saturated rings. The van der Waals surface area contributed by atoms with Gasteiger partial charge in [0.05, 0.1) is 18.7 Å². The standard InChI is InChI=1S/C18H24N2O4/c1-13-4-5-14(17(8-13)23-7-3-6-22-2)11-20-18(21)15-9-16(10-19)24-12-15/h4-5,8-9,12H,3,6-7,10-11,19H2,1-2H3,(H,20,21). The van der Waals surface area contributed by atoms with Crippen LogP contribution < -0.4 is 15.8 Å². The number of ether oxygens (including phenoxy) is 2. The SMILES string of the molecule is COCCCOc1cc(C)ccc1CNC(=O)c1coc(CN)c1. The van der Waals surface area contributed by atoms with Crippen molar-refractivity contribution in [2.75, 3.05) is 20.3 Å². The summed E-state index contributed by atoms with van der Waals surface area (Å²) in [7, 11) is 1.67. The van der Waals surface area contributed by atoms with E-state index >= 15 is 0 Å². The molecule has 0 bridgehead atoms. The summed E-state index contributed by atoms with van der Waals surface area (Å²) in [5.74, 6) is 1.16. The summed E-state index contributed by atoms with van der Waals surface area (Å²) >= 11 is 0. The molecule has 6 nitrogen and oxygen atoms in total. The smallest absolute Gasteiger partial charge is 0.254 e. The Morgan fingerprint density at radius 3 is 2.83 bits per heavy atom. The number of benzene rings is 1. The lowest BCUT2D eigenvalue weighted by Crippen LogP contribution is -2.22. The van der Waals surface area contributed by atoms with Gasteiger partial charge in [-0.1, -0.05) is 12.1 Å². The number of amides is 1. The number of hydrogen-bond donors (Lipinski definition) is 2. The number of carbonyl (C=O) groups is 1. The molecule has 24 heavy (non-hydrogen) atoms. The number of furan rings is 1. The molecule has 1 aromatic heterocycles. The number of methoxy groups -OCH3 is 1. The highest BCUT2D eigenvalue weighted by Gasteiger charge is 2.11. The molecule has 0 atom stereocenters. The highest BCUT2D eigenvalue weighted by atomic mass is 16.5. The van der Waals surface area contributed by atoms with E-state index in [2.05, 4.69) is 5.32 Å². The summed E-state index contributed by atoms with van der Waals surface area (Å²) in [6.07, 6.45) is 2.22. The van der Waals surface area contributed by atoms with Crippen LogP contribution in [0.3, 0.4) is 0 Å². The molecule has 0 unspecified atom stereocenters. The molecule has 0 saturated carbocycles. The molecule has 0 saturated heterocycles. The maximum atomic E-state index is 12.2. The first kappa shape index (κ1) is 18.0. The third-order valence-electron chi connectivity index (χ3n) is 3.53. The molecule has 1 heterocycles. The van der Waals surface area contributed by atoms with Crippen molar-refractivity contribution in [3.8, 4) is 5.75 Å². The minimum absolute atomic E-state index is 0.204. The zero-order valence-electron chi connectivity index (χ0n) is 14.1. The van der Waals surface area contributed by atoms with Crippen molar-refractivity contribution in [3.63, 3.8) is 0 Å². The van der Waals surface area contributed by atoms with Gasteiger partial charge in [-0.3, -0.25) is 4.79 Å². The van der Waals surface area contributed by atoms with Crippen LogP contribution in [0.1, 0.15) is 33.7 Å². The Morgan fingerprint density at radius 1 is 1.29 bits per heavy atom. The Labute approximate surface area is 141 Å². The van der Waals surface area contributed by atoms with Gasteiger partial charge in [-0.25, -0.2) is 0 Å². The van der Waals surface area contributed by atoms with Crippen molar-refractivity contribution < 1.29 is 18.7 Å². The summed E-state index contributed by atoms with van der Waals surface area (Å²) in [6, 6.07) is 7.57. The van der Waals surface area contributed by atoms with Crippen molar-refractivity contribution >= 4 is 5.91 Å². The van der Waals surface area contributed by atoms with E-state index in [-0.39, 0.29) is 12.5 Å². The van der Waals surface area contributed by atoms with Gasteiger partial charge in [-0.15, -0.1) is 0 Å². The first-order valence-corrected chi connectivity index (χ1v) is 7.91. The second-order valence-corrected chi connectivity index (χ2v) is 5.49. The van der Waals surface area contributed by atoms with Gasteiger partial charge in [-0.2, -0.15) is 0 Å². The minimum atomic E-state index is -0.204. The van der Waals surface area contributed by atoms with E-state index in [1.807, 2.05) is 25.1 Å². The Kier molecular flexibility index (Phi) is 6.84. The molecule has 3 N–H and O–H groups in total. The van der Waals surface area contributed by atoms with Gasteiger partial charge < -0.3 is 24.9 Å². The van der Waals surface area contributed by atoms with Crippen LogP contribution in [0.4, 0.5) is 0 Å². The summed E-state index contributed by atoms with van der Waals surface area (Å²) in [4.78, 5) is 12.2. The highest BCUT2D eigenvalue weighted by molar-refractivity contribution is 5.93. The maximum absolute atomic E-state index is 12.2. The van der Waals surface area contributed by atoms with Gasteiger partial charge in [-0.05, 0) is 24.6 Å². The van der Waals surface area contributed by atoms with Crippen LogP contribution in [0.2, 0.25) is 0 Å².